The standard InChI is InChI=1S/C19H16N4O4S/c1-10-11(2)28-18-16(10)19(25)23(9-20-18)8-15(24)26-14-6-4-13(5-7-14)17-21-12(3)27-22-17/h4-7,9H,8H2,1-3H3. The van der Waals surface area contributed by atoms with E-state index in [2.05, 4.69) is 15.1 Å². The van der Waals surface area contributed by atoms with E-state index in [9.17, 15) is 9.59 Å². The molecule has 0 aliphatic carbocycles. The molecule has 3 heterocycles. The van der Waals surface area contributed by atoms with Crippen LogP contribution in [-0.4, -0.2) is 25.7 Å². The summed E-state index contributed by atoms with van der Waals surface area (Å²) in [6, 6.07) is 6.72. The number of hydrogen-bond acceptors (Lipinski definition) is 8. The first kappa shape index (κ1) is 18.1. The first-order valence-corrected chi connectivity index (χ1v) is 9.30. The third kappa shape index (κ3) is 3.31. The zero-order chi connectivity index (χ0) is 19.8. The van der Waals surface area contributed by atoms with Gasteiger partial charge in [-0.1, -0.05) is 5.16 Å². The van der Waals surface area contributed by atoms with Crippen molar-refractivity contribution >= 4 is 27.5 Å². The fourth-order valence-corrected chi connectivity index (χ4v) is 3.76. The van der Waals surface area contributed by atoms with Crippen LogP contribution >= 0.6 is 11.3 Å². The maximum atomic E-state index is 12.7. The zero-order valence-corrected chi connectivity index (χ0v) is 16.2. The molecule has 9 heteroatoms. The number of thiophene rings is 1. The van der Waals surface area contributed by atoms with Crippen LogP contribution in [0.15, 0.2) is 39.9 Å². The number of esters is 1. The van der Waals surface area contributed by atoms with Crippen molar-refractivity contribution in [1.82, 2.24) is 19.7 Å². The van der Waals surface area contributed by atoms with Crippen molar-refractivity contribution in [3.63, 3.8) is 0 Å². The molecule has 0 saturated carbocycles. The van der Waals surface area contributed by atoms with Crippen molar-refractivity contribution < 1.29 is 14.1 Å². The SMILES string of the molecule is Cc1nc(-c2ccc(OC(=O)Cn3cnc4sc(C)c(C)c4c3=O)cc2)no1. The van der Waals surface area contributed by atoms with E-state index < -0.39 is 5.97 Å². The van der Waals surface area contributed by atoms with E-state index in [0.29, 0.717) is 27.7 Å². The number of rotatable bonds is 4. The van der Waals surface area contributed by atoms with E-state index in [1.165, 1.54) is 22.2 Å². The Balaban J connectivity index is 1.50. The van der Waals surface area contributed by atoms with Crippen molar-refractivity contribution in [3.8, 4) is 17.1 Å². The van der Waals surface area contributed by atoms with Gasteiger partial charge in [0.25, 0.3) is 5.56 Å². The molecular weight excluding hydrogens is 380 g/mol. The van der Waals surface area contributed by atoms with E-state index in [1.54, 1.807) is 31.2 Å². The van der Waals surface area contributed by atoms with Crippen LogP contribution in [0.4, 0.5) is 0 Å². The lowest BCUT2D eigenvalue weighted by molar-refractivity contribution is -0.135. The van der Waals surface area contributed by atoms with Crippen LogP contribution in [0.1, 0.15) is 16.3 Å². The first-order chi connectivity index (χ1) is 13.4. The molecule has 142 valence electrons. The Morgan fingerprint density at radius 2 is 1.96 bits per heavy atom. The molecule has 0 N–H and O–H groups in total. The van der Waals surface area contributed by atoms with Crippen LogP contribution in [0.2, 0.25) is 0 Å². The summed E-state index contributed by atoms with van der Waals surface area (Å²) in [7, 11) is 0. The van der Waals surface area contributed by atoms with Crippen molar-refractivity contribution in [2.24, 2.45) is 0 Å². The quantitative estimate of drug-likeness (QED) is 0.386. The highest BCUT2D eigenvalue weighted by Gasteiger charge is 2.15. The first-order valence-electron chi connectivity index (χ1n) is 8.49. The van der Waals surface area contributed by atoms with Crippen LogP contribution in [0, 0.1) is 20.8 Å². The summed E-state index contributed by atoms with van der Waals surface area (Å²) < 4.78 is 11.5. The Morgan fingerprint density at radius 1 is 1.21 bits per heavy atom. The van der Waals surface area contributed by atoms with Crippen LogP contribution in [0.5, 0.6) is 5.75 Å². The molecule has 0 radical (unpaired) electrons. The van der Waals surface area contributed by atoms with E-state index in [4.69, 9.17) is 9.26 Å². The number of aromatic nitrogens is 4. The normalized spacial score (nSPS) is 11.1. The van der Waals surface area contributed by atoms with Crippen LogP contribution in [0.3, 0.4) is 0 Å². The van der Waals surface area contributed by atoms with Gasteiger partial charge in [-0.15, -0.1) is 11.3 Å². The summed E-state index contributed by atoms with van der Waals surface area (Å²) >= 11 is 1.47. The smallest absolute Gasteiger partial charge is 0.331 e. The Labute approximate surface area is 163 Å². The molecule has 0 aliphatic rings. The number of ether oxygens (including phenoxy) is 1. The molecule has 8 nitrogen and oxygen atoms in total. The number of hydrogen-bond donors (Lipinski definition) is 0. The summed E-state index contributed by atoms with van der Waals surface area (Å²) in [5.74, 6) is 0.731. The number of benzene rings is 1. The lowest BCUT2D eigenvalue weighted by Gasteiger charge is -2.07. The van der Waals surface area contributed by atoms with Gasteiger partial charge >= 0.3 is 5.97 Å². The number of nitrogens with zero attached hydrogens (tertiary/aromatic N) is 4. The van der Waals surface area contributed by atoms with Gasteiger partial charge < -0.3 is 9.26 Å². The third-order valence-electron chi connectivity index (χ3n) is 4.33. The monoisotopic (exact) mass is 396 g/mol. The van der Waals surface area contributed by atoms with Crippen LogP contribution < -0.4 is 10.3 Å². The summed E-state index contributed by atoms with van der Waals surface area (Å²) in [4.78, 5) is 35.1. The molecule has 0 fully saturated rings. The van der Waals surface area contributed by atoms with Crippen molar-refractivity contribution in [3.05, 3.63) is 57.3 Å². The molecule has 0 bridgehead atoms. The summed E-state index contributed by atoms with van der Waals surface area (Å²) in [5.41, 5.74) is 1.39. The second-order valence-electron chi connectivity index (χ2n) is 6.28. The molecule has 0 aliphatic heterocycles. The number of carbonyl (C=O) groups is 1. The second-order valence-corrected chi connectivity index (χ2v) is 7.48. The Kier molecular flexibility index (Phi) is 4.52. The van der Waals surface area contributed by atoms with Crippen molar-refractivity contribution in [2.45, 2.75) is 27.3 Å². The van der Waals surface area contributed by atoms with Gasteiger partial charge in [0.2, 0.25) is 11.7 Å². The molecule has 4 aromatic rings. The fraction of sp³-hybridized carbons (Fsp3) is 0.211. The van der Waals surface area contributed by atoms with Gasteiger partial charge in [0, 0.05) is 17.4 Å². The minimum absolute atomic E-state index is 0.220. The van der Waals surface area contributed by atoms with Crippen LogP contribution in [0.25, 0.3) is 21.6 Å². The molecule has 0 unspecified atom stereocenters. The highest BCUT2D eigenvalue weighted by molar-refractivity contribution is 7.18. The van der Waals surface area contributed by atoms with E-state index in [1.807, 2.05) is 13.8 Å². The highest BCUT2D eigenvalue weighted by Crippen LogP contribution is 2.25. The van der Waals surface area contributed by atoms with Gasteiger partial charge in [0.05, 0.1) is 11.7 Å². The molecular formula is C19H16N4O4S. The molecule has 28 heavy (non-hydrogen) atoms. The fourth-order valence-electron chi connectivity index (χ4n) is 2.77. The van der Waals surface area contributed by atoms with Crippen LogP contribution in [-0.2, 0) is 11.3 Å². The Morgan fingerprint density at radius 3 is 2.64 bits per heavy atom. The average molecular weight is 396 g/mol. The maximum Gasteiger partial charge on any atom is 0.331 e. The maximum absolute atomic E-state index is 12.7. The van der Waals surface area contributed by atoms with Gasteiger partial charge in [0.1, 0.15) is 17.1 Å². The summed E-state index contributed by atoms with van der Waals surface area (Å²) in [6.07, 6.45) is 1.38. The molecule has 0 saturated heterocycles. The number of aryl methyl sites for hydroxylation is 3. The minimum atomic E-state index is -0.559. The van der Waals surface area contributed by atoms with Gasteiger partial charge in [0.15, 0.2) is 0 Å². The van der Waals surface area contributed by atoms with Gasteiger partial charge in [-0.05, 0) is 43.7 Å². The molecule has 4 rings (SSSR count). The van der Waals surface area contributed by atoms with Crippen molar-refractivity contribution in [1.29, 1.82) is 0 Å². The third-order valence-corrected chi connectivity index (χ3v) is 5.44. The second kappa shape index (κ2) is 7.01. The average Bonchev–Trinajstić information content (AvgIpc) is 3.22. The van der Waals surface area contributed by atoms with Gasteiger partial charge in [-0.25, -0.2) is 9.78 Å². The molecule has 0 amide bonds. The highest BCUT2D eigenvalue weighted by atomic mass is 32.1. The topological polar surface area (TPSA) is 100 Å². The minimum Gasteiger partial charge on any atom is -0.425 e. The number of carbonyl (C=O) groups excluding carboxylic acids is 1. The number of fused-ring (bicyclic) bond motifs is 1. The zero-order valence-electron chi connectivity index (χ0n) is 15.4. The predicted molar refractivity (Wildman–Crippen MR) is 103 cm³/mol. The van der Waals surface area contributed by atoms with Gasteiger partial charge in [-0.3, -0.25) is 9.36 Å². The molecule has 0 spiro atoms. The molecule has 0 atom stereocenters. The summed E-state index contributed by atoms with van der Waals surface area (Å²) in [5, 5.41) is 4.39. The van der Waals surface area contributed by atoms with Crippen molar-refractivity contribution in [2.75, 3.05) is 0 Å². The summed E-state index contributed by atoms with van der Waals surface area (Å²) in [6.45, 7) is 5.31. The van der Waals surface area contributed by atoms with E-state index >= 15 is 0 Å². The lowest BCUT2D eigenvalue weighted by Crippen LogP contribution is -2.26. The Hall–Kier alpha value is -3.33. The largest absolute Gasteiger partial charge is 0.425 e. The van der Waals surface area contributed by atoms with E-state index in [-0.39, 0.29) is 12.1 Å². The Bertz CT molecular complexity index is 1240. The van der Waals surface area contributed by atoms with Gasteiger partial charge in [-0.2, -0.15) is 4.98 Å². The van der Waals surface area contributed by atoms with E-state index in [0.717, 1.165) is 16.0 Å². The molecule has 3 aromatic heterocycles. The lowest BCUT2D eigenvalue weighted by atomic mass is 10.2. The molecule has 1 aromatic carbocycles. The predicted octanol–water partition coefficient (Wildman–Crippen LogP) is 3.04.